The number of carbonyl (C=O) groups is 3. The monoisotopic (exact) mass is 589 g/mol. The normalized spacial score (nSPS) is 18.4. The van der Waals surface area contributed by atoms with Crippen molar-refractivity contribution >= 4 is 44.3 Å². The first-order chi connectivity index (χ1) is 19.2. The number of nitrogens with zero attached hydrogens (tertiary/aromatic N) is 4. The van der Waals surface area contributed by atoms with Crippen molar-refractivity contribution in [1.29, 1.82) is 0 Å². The van der Waals surface area contributed by atoms with Crippen molar-refractivity contribution in [2.75, 3.05) is 64.8 Å². The zero-order valence-electron chi connectivity index (χ0n) is 22.8. The summed E-state index contributed by atoms with van der Waals surface area (Å²) in [5.41, 5.74) is 1.93. The summed E-state index contributed by atoms with van der Waals surface area (Å²) < 4.78 is 32.7. The first kappa shape index (κ1) is 28.5. The Hall–Kier alpha value is -3.00. The second kappa shape index (κ2) is 11.9. The lowest BCUT2D eigenvalue weighted by Gasteiger charge is -2.33. The first-order valence-electron chi connectivity index (χ1n) is 13.6. The van der Waals surface area contributed by atoms with Gasteiger partial charge in [0.25, 0.3) is 11.8 Å². The molecule has 2 aromatic rings. The number of likely N-dealkylation sites (tertiary alicyclic amines) is 1. The fourth-order valence-electron chi connectivity index (χ4n) is 5.35. The molecule has 0 aliphatic carbocycles. The number of anilines is 1. The van der Waals surface area contributed by atoms with Crippen LogP contribution in [-0.4, -0.2) is 105 Å². The largest absolute Gasteiger partial charge is 0.450 e. The van der Waals surface area contributed by atoms with E-state index < -0.39 is 22.0 Å². The topological polar surface area (TPSA) is 120 Å². The maximum atomic E-state index is 13.5. The third-order valence-corrected chi connectivity index (χ3v) is 10.6. The molecule has 216 valence electrons. The molecule has 1 N–H and O–H groups in total. The summed E-state index contributed by atoms with van der Waals surface area (Å²) in [7, 11) is -1.75. The Morgan fingerprint density at radius 2 is 1.62 bits per heavy atom. The van der Waals surface area contributed by atoms with Crippen LogP contribution in [0.1, 0.15) is 50.9 Å². The third kappa shape index (κ3) is 5.73. The minimum Gasteiger partial charge on any atom is -0.450 e. The number of carbonyl (C=O) groups excluding carboxylic acids is 3. The van der Waals surface area contributed by atoms with E-state index >= 15 is 0 Å². The Bertz CT molecular complexity index is 1380. The maximum absolute atomic E-state index is 13.5. The number of likely N-dealkylation sites (N-methyl/N-ethyl adjacent to an activating group) is 1. The van der Waals surface area contributed by atoms with E-state index in [2.05, 4.69) is 10.2 Å². The minimum absolute atomic E-state index is 0.0284. The van der Waals surface area contributed by atoms with Crippen molar-refractivity contribution in [3.05, 3.63) is 45.8 Å². The van der Waals surface area contributed by atoms with Gasteiger partial charge in [0.15, 0.2) is 0 Å². The lowest BCUT2D eigenvalue weighted by atomic mass is 10.0. The molecule has 0 saturated carbocycles. The molecular weight excluding hydrogens is 554 g/mol. The molecule has 2 fully saturated rings. The van der Waals surface area contributed by atoms with Crippen LogP contribution >= 0.6 is 11.3 Å². The second-order valence-corrected chi connectivity index (χ2v) is 13.3. The predicted octanol–water partition coefficient (Wildman–Crippen LogP) is 2.69. The van der Waals surface area contributed by atoms with Crippen LogP contribution in [0.4, 0.5) is 9.80 Å². The van der Waals surface area contributed by atoms with E-state index in [9.17, 15) is 22.8 Å². The zero-order chi connectivity index (χ0) is 28.4. The number of sulfonamides is 1. The highest BCUT2D eigenvalue weighted by Gasteiger charge is 2.33. The Labute approximate surface area is 238 Å². The summed E-state index contributed by atoms with van der Waals surface area (Å²) in [5.74, 6) is -0.422. The molecule has 1 aromatic carbocycles. The average Bonchev–Trinajstić information content (AvgIpc) is 3.61. The molecule has 3 amide bonds. The summed E-state index contributed by atoms with van der Waals surface area (Å²) in [6, 6.07) is 5.82. The lowest BCUT2D eigenvalue weighted by molar-refractivity contribution is 0.0792. The molecule has 3 aliphatic rings. The van der Waals surface area contributed by atoms with Gasteiger partial charge in [-0.05, 0) is 63.1 Å². The number of amides is 3. The molecule has 11 nitrogen and oxygen atoms in total. The highest BCUT2D eigenvalue weighted by Crippen LogP contribution is 2.38. The Balaban J connectivity index is 1.30. The standard InChI is InChI=1S/C27H35N5O6S2/c1-3-38-27(35)31-14-16-32(17-15-31)40(36,37)20-8-6-19(7-9-20)24(33)28-25-23(26(34)30-11-4-5-12-30)21-10-13-29(2)18-22(21)39-25/h6-9H,3-5,10-18H2,1-2H3,(H,28,33). The van der Waals surface area contributed by atoms with Gasteiger partial charge in [0.1, 0.15) is 5.00 Å². The number of nitrogens with one attached hydrogen (secondary N) is 1. The van der Waals surface area contributed by atoms with E-state index in [1.165, 1.54) is 44.8 Å². The van der Waals surface area contributed by atoms with E-state index in [-0.39, 0.29) is 43.6 Å². The van der Waals surface area contributed by atoms with E-state index in [0.29, 0.717) is 16.1 Å². The number of thiophene rings is 1. The third-order valence-electron chi connectivity index (χ3n) is 7.60. The molecule has 1 aromatic heterocycles. The van der Waals surface area contributed by atoms with Crippen molar-refractivity contribution in [2.24, 2.45) is 0 Å². The number of hydrogen-bond donors (Lipinski definition) is 1. The van der Waals surface area contributed by atoms with Crippen LogP contribution in [0.5, 0.6) is 0 Å². The van der Waals surface area contributed by atoms with Crippen molar-refractivity contribution in [3.8, 4) is 0 Å². The van der Waals surface area contributed by atoms with Gasteiger partial charge in [-0.3, -0.25) is 9.59 Å². The summed E-state index contributed by atoms with van der Waals surface area (Å²) >= 11 is 1.45. The van der Waals surface area contributed by atoms with Crippen LogP contribution < -0.4 is 5.32 Å². The van der Waals surface area contributed by atoms with Crippen molar-refractivity contribution < 1.29 is 27.5 Å². The number of fused-ring (bicyclic) bond motifs is 1. The molecule has 0 spiro atoms. The van der Waals surface area contributed by atoms with Gasteiger partial charge in [-0.25, -0.2) is 13.2 Å². The van der Waals surface area contributed by atoms with E-state index in [0.717, 1.165) is 55.9 Å². The minimum atomic E-state index is -3.79. The van der Waals surface area contributed by atoms with Crippen molar-refractivity contribution in [3.63, 3.8) is 0 Å². The Morgan fingerprint density at radius 3 is 2.27 bits per heavy atom. The SMILES string of the molecule is CCOC(=O)N1CCN(S(=O)(=O)c2ccc(C(=O)Nc3sc4c(c3C(=O)N3CCCC3)CCN(C)C4)cc2)CC1. The highest BCUT2D eigenvalue weighted by molar-refractivity contribution is 7.89. The van der Waals surface area contributed by atoms with E-state index in [1.807, 2.05) is 11.9 Å². The van der Waals surface area contributed by atoms with Gasteiger partial charge < -0.3 is 24.8 Å². The van der Waals surface area contributed by atoms with Crippen LogP contribution in [0.15, 0.2) is 29.2 Å². The van der Waals surface area contributed by atoms with Crippen LogP contribution in [0.2, 0.25) is 0 Å². The number of benzene rings is 1. The molecule has 5 rings (SSSR count). The van der Waals surface area contributed by atoms with Crippen molar-refractivity contribution in [1.82, 2.24) is 19.0 Å². The molecule has 0 unspecified atom stereocenters. The van der Waals surface area contributed by atoms with Gasteiger partial charge in [-0.15, -0.1) is 11.3 Å². The zero-order valence-corrected chi connectivity index (χ0v) is 24.5. The number of ether oxygens (including phenoxy) is 1. The van der Waals surface area contributed by atoms with Gasteiger partial charge >= 0.3 is 6.09 Å². The number of hydrogen-bond acceptors (Lipinski definition) is 8. The van der Waals surface area contributed by atoms with Crippen LogP contribution in [0.3, 0.4) is 0 Å². The molecular formula is C27H35N5O6S2. The Kier molecular flexibility index (Phi) is 8.45. The summed E-state index contributed by atoms with van der Waals surface area (Å²) in [6.45, 7) is 5.85. The van der Waals surface area contributed by atoms with E-state index in [4.69, 9.17) is 4.74 Å². The first-order valence-corrected chi connectivity index (χ1v) is 15.9. The summed E-state index contributed by atoms with van der Waals surface area (Å²) in [6.07, 6.45) is 2.28. The summed E-state index contributed by atoms with van der Waals surface area (Å²) in [5, 5.41) is 3.51. The number of piperazine rings is 1. The molecule has 13 heteroatoms. The highest BCUT2D eigenvalue weighted by atomic mass is 32.2. The smallest absolute Gasteiger partial charge is 0.409 e. The summed E-state index contributed by atoms with van der Waals surface area (Å²) in [4.78, 5) is 45.4. The van der Waals surface area contributed by atoms with E-state index in [1.54, 1.807) is 6.92 Å². The maximum Gasteiger partial charge on any atom is 0.409 e. The van der Waals surface area contributed by atoms with Crippen LogP contribution in [-0.2, 0) is 27.7 Å². The van der Waals surface area contributed by atoms with Crippen LogP contribution in [0, 0.1) is 0 Å². The van der Waals surface area contributed by atoms with Gasteiger partial charge in [0.2, 0.25) is 10.0 Å². The lowest BCUT2D eigenvalue weighted by Crippen LogP contribution is -2.50. The average molecular weight is 590 g/mol. The quantitative estimate of drug-likeness (QED) is 0.550. The second-order valence-electron chi connectivity index (χ2n) is 10.3. The van der Waals surface area contributed by atoms with Crippen LogP contribution in [0.25, 0.3) is 0 Å². The fourth-order valence-corrected chi connectivity index (χ4v) is 8.09. The molecule has 0 bridgehead atoms. The van der Waals surface area contributed by atoms with Crippen molar-refractivity contribution in [2.45, 2.75) is 37.6 Å². The molecule has 0 radical (unpaired) electrons. The van der Waals surface area contributed by atoms with Gasteiger partial charge in [0.05, 0.1) is 17.1 Å². The Morgan fingerprint density at radius 1 is 0.950 bits per heavy atom. The molecule has 0 atom stereocenters. The fraction of sp³-hybridized carbons (Fsp3) is 0.519. The van der Waals surface area contributed by atoms with Gasteiger partial charge in [-0.2, -0.15) is 4.31 Å². The molecule has 4 heterocycles. The number of rotatable bonds is 6. The van der Waals surface area contributed by atoms with Gasteiger partial charge in [0, 0.05) is 62.8 Å². The molecule has 3 aliphatic heterocycles. The molecule has 2 saturated heterocycles. The van der Waals surface area contributed by atoms with Gasteiger partial charge in [-0.1, -0.05) is 0 Å². The predicted molar refractivity (Wildman–Crippen MR) is 151 cm³/mol. The molecule has 40 heavy (non-hydrogen) atoms.